The maximum atomic E-state index is 12.6. The first kappa shape index (κ1) is 39.6. The summed E-state index contributed by atoms with van der Waals surface area (Å²) in [6, 6.07) is 0. The number of carbonyl (C=O) groups is 1. The Morgan fingerprint density at radius 3 is 1.89 bits per heavy atom. The minimum Gasteiger partial charge on any atom is -0.458 e. The minimum absolute atomic E-state index is 0.0243. The lowest BCUT2D eigenvalue weighted by molar-refractivity contribution is -0.336. The van der Waals surface area contributed by atoms with Crippen molar-refractivity contribution in [2.24, 2.45) is 34.5 Å². The van der Waals surface area contributed by atoms with Crippen molar-refractivity contribution in [1.82, 2.24) is 0 Å². The van der Waals surface area contributed by atoms with Gasteiger partial charge in [-0.25, -0.2) is 4.79 Å². The first-order chi connectivity index (χ1) is 25.6. The quantitative estimate of drug-likeness (QED) is 0.188. The molecular formula is C41H64O13. The third kappa shape index (κ3) is 6.82. The number of aliphatic hydroxyl groups is 5. The number of cyclic esters (lactones) is 1. The topological polar surface area (TPSA) is 183 Å². The van der Waals surface area contributed by atoms with Gasteiger partial charge < -0.3 is 58.7 Å². The first-order valence-corrected chi connectivity index (χ1v) is 20.8. The van der Waals surface area contributed by atoms with E-state index in [0.29, 0.717) is 18.4 Å². The molecule has 7 fully saturated rings. The van der Waals surface area contributed by atoms with Gasteiger partial charge in [-0.3, -0.25) is 0 Å². The Bertz CT molecular complexity index is 1370. The normalized spacial score (nSPS) is 55.0. The fraction of sp³-hybridized carbons (Fsp3) is 0.927. The molecule has 0 amide bonds. The number of rotatable bonds is 7. The molecule has 20 atom stereocenters. The van der Waals surface area contributed by atoms with Crippen LogP contribution in [0.5, 0.6) is 0 Å². The van der Waals surface area contributed by atoms with E-state index >= 15 is 0 Å². The predicted octanol–water partition coefficient (Wildman–Crippen LogP) is 3.25. The van der Waals surface area contributed by atoms with E-state index in [2.05, 4.69) is 13.8 Å². The molecule has 306 valence electrons. The van der Waals surface area contributed by atoms with E-state index in [0.717, 1.165) is 63.4 Å². The summed E-state index contributed by atoms with van der Waals surface area (Å²) < 4.78 is 42.2. The van der Waals surface area contributed by atoms with Crippen LogP contribution in [0.25, 0.3) is 0 Å². The van der Waals surface area contributed by atoms with Crippen LogP contribution in [0.15, 0.2) is 11.6 Å². The Labute approximate surface area is 319 Å². The highest BCUT2D eigenvalue weighted by molar-refractivity contribution is 5.85. The molecule has 5 N–H and O–H groups in total. The number of carbonyl (C=O) groups excluding carboxylic acids is 1. The maximum Gasteiger partial charge on any atom is 0.331 e. The molecule has 3 saturated heterocycles. The molecule has 4 aliphatic carbocycles. The molecule has 0 aromatic carbocycles. The minimum atomic E-state index is -0.996. The highest BCUT2D eigenvalue weighted by Gasteiger charge is 2.68. The third-order valence-electron chi connectivity index (χ3n) is 15.9. The lowest BCUT2D eigenvalue weighted by Gasteiger charge is -2.64. The Balaban J connectivity index is 0.826. The molecule has 2 unspecified atom stereocenters. The molecule has 54 heavy (non-hydrogen) atoms. The first-order valence-electron chi connectivity index (χ1n) is 20.8. The molecule has 13 nitrogen and oxygen atoms in total. The van der Waals surface area contributed by atoms with Crippen LogP contribution in [0.4, 0.5) is 0 Å². The molecule has 4 saturated carbocycles. The standard InChI is InChI=1S/C41H64O13/c1-20-36(46)29(42)16-34(49-20)53-38-22(3)51-35(18-31(38)44)54-37-21(2)50-33(17-30(37)43)52-25-8-11-39(4)24(15-25)6-7-28-27(39)9-12-40(5)26(10-13-41(28,40)47)23-14-32(45)48-19-23/h14,20-22,24-31,33-38,42-44,46-47H,6-13,15-19H2,1-5H3/t20-,21-,22-,24-,25+,26-,27?,28?,29+,30+,31+,33+,34+,35+,36-,37-,38-,39+,40-,41+/m1/s1. The number of hydrogen-bond acceptors (Lipinski definition) is 13. The van der Waals surface area contributed by atoms with Crippen LogP contribution in [-0.4, -0.2) is 124 Å². The average Bonchev–Trinajstić information content (AvgIpc) is 3.66. The average molecular weight is 765 g/mol. The molecule has 13 heteroatoms. The summed E-state index contributed by atoms with van der Waals surface area (Å²) in [5.41, 5.74) is 0.215. The number of esters is 1. The Kier molecular flexibility index (Phi) is 10.9. The monoisotopic (exact) mass is 764 g/mol. The van der Waals surface area contributed by atoms with Gasteiger partial charge in [0.2, 0.25) is 0 Å². The van der Waals surface area contributed by atoms with Crippen molar-refractivity contribution in [2.45, 2.75) is 197 Å². The fourth-order valence-corrected chi connectivity index (χ4v) is 12.8. The van der Waals surface area contributed by atoms with Gasteiger partial charge in [0.05, 0.1) is 48.3 Å². The van der Waals surface area contributed by atoms with Gasteiger partial charge in [0.25, 0.3) is 0 Å². The van der Waals surface area contributed by atoms with Crippen LogP contribution < -0.4 is 0 Å². The Morgan fingerprint density at radius 2 is 1.30 bits per heavy atom. The van der Waals surface area contributed by atoms with Gasteiger partial charge in [0.1, 0.15) is 24.9 Å². The number of fused-ring (bicyclic) bond motifs is 5. The van der Waals surface area contributed by atoms with Crippen molar-refractivity contribution in [3.8, 4) is 0 Å². The molecule has 4 aliphatic heterocycles. The second-order valence-corrected chi connectivity index (χ2v) is 18.7. The second kappa shape index (κ2) is 14.9. The zero-order chi connectivity index (χ0) is 38.3. The zero-order valence-electron chi connectivity index (χ0n) is 32.6. The molecule has 0 aromatic rings. The number of ether oxygens (including phenoxy) is 7. The Morgan fingerprint density at radius 1 is 0.685 bits per heavy atom. The summed E-state index contributed by atoms with van der Waals surface area (Å²) in [6.45, 7) is 10.4. The van der Waals surface area contributed by atoms with Crippen LogP contribution >= 0.6 is 0 Å². The van der Waals surface area contributed by atoms with Crippen LogP contribution in [0.2, 0.25) is 0 Å². The van der Waals surface area contributed by atoms with Crippen molar-refractivity contribution < 1.29 is 63.5 Å². The summed E-state index contributed by atoms with van der Waals surface area (Å²) in [5.74, 6) is 1.13. The van der Waals surface area contributed by atoms with Crippen LogP contribution in [0, 0.1) is 34.5 Å². The van der Waals surface area contributed by atoms with Gasteiger partial charge in [-0.2, -0.15) is 0 Å². The zero-order valence-corrected chi connectivity index (χ0v) is 32.6. The van der Waals surface area contributed by atoms with E-state index in [1.807, 2.05) is 6.92 Å². The van der Waals surface area contributed by atoms with Crippen molar-refractivity contribution in [1.29, 1.82) is 0 Å². The van der Waals surface area contributed by atoms with Crippen molar-refractivity contribution in [3.63, 3.8) is 0 Å². The molecule has 0 bridgehead atoms. The van der Waals surface area contributed by atoms with Gasteiger partial charge in [0, 0.05) is 30.8 Å². The molecule has 8 rings (SSSR count). The van der Waals surface area contributed by atoms with Crippen LogP contribution in [0.1, 0.15) is 112 Å². The summed E-state index contributed by atoms with van der Waals surface area (Å²) in [4.78, 5) is 11.9. The summed E-state index contributed by atoms with van der Waals surface area (Å²) in [6.07, 6.45) is 1.90. The summed E-state index contributed by atoms with van der Waals surface area (Å²) in [5, 5.41) is 55.0. The highest BCUT2D eigenvalue weighted by atomic mass is 16.7. The van der Waals surface area contributed by atoms with Gasteiger partial charge in [-0.15, -0.1) is 0 Å². The Hall–Kier alpha value is -1.23. The van der Waals surface area contributed by atoms with Crippen LogP contribution in [0.3, 0.4) is 0 Å². The molecule has 8 aliphatic rings. The predicted molar refractivity (Wildman–Crippen MR) is 191 cm³/mol. The largest absolute Gasteiger partial charge is 0.458 e. The summed E-state index contributed by atoms with van der Waals surface area (Å²) in [7, 11) is 0. The van der Waals surface area contributed by atoms with E-state index in [1.54, 1.807) is 19.9 Å². The molecule has 0 aromatic heterocycles. The van der Waals surface area contributed by atoms with Crippen LogP contribution in [-0.2, 0) is 38.0 Å². The highest BCUT2D eigenvalue weighted by Crippen LogP contribution is 2.70. The van der Waals surface area contributed by atoms with Gasteiger partial charge >= 0.3 is 5.97 Å². The van der Waals surface area contributed by atoms with E-state index in [9.17, 15) is 30.3 Å². The van der Waals surface area contributed by atoms with Crippen molar-refractivity contribution in [2.75, 3.05) is 6.61 Å². The van der Waals surface area contributed by atoms with Gasteiger partial charge in [0.15, 0.2) is 18.9 Å². The molecular weight excluding hydrogens is 700 g/mol. The number of aliphatic hydroxyl groups excluding tert-OH is 4. The maximum absolute atomic E-state index is 12.6. The number of hydrogen-bond donors (Lipinski definition) is 5. The van der Waals surface area contributed by atoms with E-state index in [1.165, 1.54) is 0 Å². The molecule has 0 spiro atoms. The van der Waals surface area contributed by atoms with Crippen molar-refractivity contribution in [3.05, 3.63) is 11.6 Å². The van der Waals surface area contributed by atoms with Gasteiger partial charge in [-0.1, -0.05) is 13.8 Å². The summed E-state index contributed by atoms with van der Waals surface area (Å²) >= 11 is 0. The second-order valence-electron chi connectivity index (χ2n) is 18.7. The lowest BCUT2D eigenvalue weighted by Crippen LogP contribution is -2.62. The molecule has 0 radical (unpaired) electrons. The van der Waals surface area contributed by atoms with E-state index in [4.69, 9.17) is 33.2 Å². The molecule has 4 heterocycles. The fourth-order valence-electron chi connectivity index (χ4n) is 12.8. The smallest absolute Gasteiger partial charge is 0.331 e. The SMILES string of the molecule is C[C@H]1O[C@@H](O[C@H]2[C@@H](O)C[C@H](O[C@H]3[C@@H](O)C[C@H](O[C@H]4CC[C@]5(C)C6CC[C@]7(C)[C@@H](C8=CC(=O)OC8)CC[C@]7(O)C6CC[C@@H]5C4)O[C@@H]3C)O[C@@H]2C)C[C@H](O)[C@@H]1O. The van der Waals surface area contributed by atoms with Crippen molar-refractivity contribution >= 4 is 5.97 Å². The lowest BCUT2D eigenvalue weighted by atomic mass is 9.43. The third-order valence-corrected chi connectivity index (χ3v) is 15.9. The van der Waals surface area contributed by atoms with E-state index < -0.39 is 79.4 Å². The van der Waals surface area contributed by atoms with Gasteiger partial charge in [-0.05, 0) is 113 Å². The van der Waals surface area contributed by atoms with E-state index in [-0.39, 0.29) is 54.0 Å².